The molecule has 2 atom stereocenters. The first kappa shape index (κ1) is 14.3. The molecule has 0 radical (unpaired) electrons. The minimum atomic E-state index is -0.893. The fourth-order valence-electron chi connectivity index (χ4n) is 3.63. The average molecular weight is 295 g/mol. The second-order valence-corrected chi connectivity index (χ2v) is 6.02. The molecule has 114 valence electrons. The van der Waals surface area contributed by atoms with Crippen LogP contribution < -0.4 is 4.74 Å². The fraction of sp³-hybridized carbons (Fsp3) is 0.600. The second-order valence-electron chi connectivity index (χ2n) is 6.02. The summed E-state index contributed by atoms with van der Waals surface area (Å²) in [6, 6.07) is 3.59. The normalized spacial score (nSPS) is 27.1. The second kappa shape index (κ2) is 5.26. The lowest BCUT2D eigenvalue weighted by Gasteiger charge is -2.55. The molecule has 21 heavy (non-hydrogen) atoms. The molecule has 5 nitrogen and oxygen atoms in total. The van der Waals surface area contributed by atoms with Crippen molar-refractivity contribution in [3.05, 3.63) is 34.1 Å². The number of nitrogens with zero attached hydrogens (tertiary/aromatic N) is 1. The Bertz CT molecular complexity index is 557. The first-order chi connectivity index (χ1) is 10.0. The highest BCUT2D eigenvalue weighted by Gasteiger charge is 2.56. The van der Waals surface area contributed by atoms with Crippen molar-refractivity contribution >= 4 is 5.69 Å². The molecule has 1 aromatic carbocycles. The van der Waals surface area contributed by atoms with Crippen molar-refractivity contribution in [1.29, 1.82) is 0 Å². The number of nitro benzene ring substituents is 1. The Balaban J connectivity index is 1.75. The smallest absolute Gasteiger partial charge is 0.305 e. The fourth-order valence-corrected chi connectivity index (χ4v) is 3.63. The quantitative estimate of drug-likeness (QED) is 0.686. The van der Waals surface area contributed by atoms with Crippen LogP contribution in [-0.4, -0.2) is 22.2 Å². The van der Waals surface area contributed by atoms with Crippen LogP contribution in [0.15, 0.2) is 18.2 Å². The third-order valence-corrected chi connectivity index (χ3v) is 4.92. The number of aliphatic hydroxyl groups excluding tert-OH is 1. The molecule has 0 aliphatic heterocycles. The van der Waals surface area contributed by atoms with Gasteiger partial charge < -0.3 is 9.84 Å². The van der Waals surface area contributed by atoms with Gasteiger partial charge in [0, 0.05) is 24.0 Å². The highest BCUT2D eigenvalue weighted by Crippen LogP contribution is 2.53. The molecule has 0 aromatic heterocycles. The number of halogens is 1. The van der Waals surface area contributed by atoms with Gasteiger partial charge in [0.15, 0.2) is 0 Å². The number of hydrogen-bond donors (Lipinski definition) is 1. The molecule has 1 N–H and O–H groups in total. The molecule has 2 unspecified atom stereocenters. The molecule has 0 saturated heterocycles. The molecule has 0 bridgehead atoms. The van der Waals surface area contributed by atoms with Crippen LogP contribution in [0.3, 0.4) is 0 Å². The summed E-state index contributed by atoms with van der Waals surface area (Å²) in [5, 5.41) is 20.7. The summed E-state index contributed by atoms with van der Waals surface area (Å²) in [5.41, 5.74) is -0.764. The van der Waals surface area contributed by atoms with Crippen LogP contribution >= 0.6 is 0 Å². The van der Waals surface area contributed by atoms with E-state index in [1.807, 2.05) is 0 Å². The van der Waals surface area contributed by atoms with Gasteiger partial charge in [0.2, 0.25) is 5.82 Å². The van der Waals surface area contributed by atoms with Gasteiger partial charge in [-0.3, -0.25) is 10.1 Å². The Hall–Kier alpha value is -1.69. The summed E-state index contributed by atoms with van der Waals surface area (Å²) in [5.74, 6) is -0.602. The van der Waals surface area contributed by atoms with Crippen molar-refractivity contribution in [2.75, 3.05) is 0 Å². The molecular formula is C15H18FNO4. The zero-order valence-corrected chi connectivity index (χ0v) is 11.6. The number of aliphatic hydroxyl groups is 1. The van der Waals surface area contributed by atoms with E-state index in [0.29, 0.717) is 12.2 Å². The zero-order chi connectivity index (χ0) is 15.0. The lowest BCUT2D eigenvalue weighted by atomic mass is 9.56. The Labute approximate surface area is 121 Å². The van der Waals surface area contributed by atoms with E-state index in [2.05, 4.69) is 0 Å². The van der Waals surface area contributed by atoms with Gasteiger partial charge in [-0.2, -0.15) is 4.39 Å². The standard InChI is InChI=1S/C15H18FNO4/c16-11-8-10(4-5-12(11)17(19)20)21-14-9-13(18)15(14)6-2-1-3-7-15/h4-5,8,13-14,18H,1-3,6-7,9H2. The molecule has 6 heteroatoms. The third-order valence-electron chi connectivity index (χ3n) is 4.92. The predicted molar refractivity (Wildman–Crippen MR) is 73.6 cm³/mol. The van der Waals surface area contributed by atoms with Crippen molar-refractivity contribution in [2.45, 2.75) is 50.7 Å². The number of benzene rings is 1. The van der Waals surface area contributed by atoms with Crippen molar-refractivity contribution < 1.29 is 19.2 Å². The molecule has 2 aliphatic carbocycles. The van der Waals surface area contributed by atoms with Crippen LogP contribution in [0.1, 0.15) is 38.5 Å². The van der Waals surface area contributed by atoms with Gasteiger partial charge in [0.25, 0.3) is 0 Å². The number of ether oxygens (including phenoxy) is 1. The Morgan fingerprint density at radius 2 is 2.05 bits per heavy atom. The van der Waals surface area contributed by atoms with E-state index in [-0.39, 0.29) is 17.6 Å². The maximum Gasteiger partial charge on any atom is 0.305 e. The monoisotopic (exact) mass is 295 g/mol. The van der Waals surface area contributed by atoms with E-state index in [1.54, 1.807) is 0 Å². The molecule has 0 heterocycles. The van der Waals surface area contributed by atoms with Crippen LogP contribution in [0.2, 0.25) is 0 Å². The lowest BCUT2D eigenvalue weighted by Crippen LogP contribution is -2.60. The minimum Gasteiger partial charge on any atom is -0.490 e. The van der Waals surface area contributed by atoms with Gasteiger partial charge in [0.05, 0.1) is 11.0 Å². The summed E-state index contributed by atoms with van der Waals surface area (Å²) in [7, 11) is 0. The summed E-state index contributed by atoms with van der Waals surface area (Å²) in [6.07, 6.45) is 5.23. The zero-order valence-electron chi connectivity index (χ0n) is 11.6. The van der Waals surface area contributed by atoms with Crippen LogP contribution in [-0.2, 0) is 0 Å². The van der Waals surface area contributed by atoms with E-state index < -0.39 is 16.4 Å². The van der Waals surface area contributed by atoms with Gasteiger partial charge in [0.1, 0.15) is 11.9 Å². The van der Waals surface area contributed by atoms with Crippen molar-refractivity contribution in [2.24, 2.45) is 5.41 Å². The first-order valence-electron chi connectivity index (χ1n) is 7.31. The third kappa shape index (κ3) is 2.37. The number of nitro groups is 1. The van der Waals surface area contributed by atoms with Gasteiger partial charge in [-0.15, -0.1) is 0 Å². The Morgan fingerprint density at radius 1 is 1.33 bits per heavy atom. The highest BCUT2D eigenvalue weighted by atomic mass is 19.1. The molecule has 2 aliphatic rings. The van der Waals surface area contributed by atoms with E-state index >= 15 is 0 Å². The van der Waals surface area contributed by atoms with Crippen LogP contribution in [0.5, 0.6) is 5.75 Å². The molecule has 2 fully saturated rings. The Kier molecular flexibility index (Phi) is 3.57. The van der Waals surface area contributed by atoms with Gasteiger partial charge >= 0.3 is 5.69 Å². The van der Waals surface area contributed by atoms with Gasteiger partial charge in [-0.05, 0) is 18.9 Å². The highest BCUT2D eigenvalue weighted by molar-refractivity contribution is 5.38. The van der Waals surface area contributed by atoms with Crippen LogP contribution in [0.4, 0.5) is 10.1 Å². The van der Waals surface area contributed by atoms with Crippen molar-refractivity contribution in [3.8, 4) is 5.75 Å². The maximum absolute atomic E-state index is 13.6. The molecule has 1 spiro atoms. The van der Waals surface area contributed by atoms with E-state index in [4.69, 9.17) is 4.74 Å². The van der Waals surface area contributed by atoms with Crippen molar-refractivity contribution in [1.82, 2.24) is 0 Å². The summed E-state index contributed by atoms with van der Waals surface area (Å²) < 4.78 is 19.4. The Morgan fingerprint density at radius 3 is 2.62 bits per heavy atom. The number of rotatable bonds is 3. The molecule has 3 rings (SSSR count). The van der Waals surface area contributed by atoms with Crippen LogP contribution in [0, 0.1) is 21.3 Å². The maximum atomic E-state index is 13.6. The molecule has 1 aromatic rings. The summed E-state index contributed by atoms with van der Waals surface area (Å²) in [4.78, 5) is 9.84. The van der Waals surface area contributed by atoms with Gasteiger partial charge in [-0.25, -0.2) is 0 Å². The van der Waals surface area contributed by atoms with E-state index in [1.165, 1.54) is 12.5 Å². The van der Waals surface area contributed by atoms with E-state index in [9.17, 15) is 19.6 Å². The topological polar surface area (TPSA) is 72.6 Å². The minimum absolute atomic E-state index is 0.131. The summed E-state index contributed by atoms with van der Waals surface area (Å²) in [6.45, 7) is 0. The lowest BCUT2D eigenvalue weighted by molar-refractivity contribution is -0.387. The van der Waals surface area contributed by atoms with Gasteiger partial charge in [-0.1, -0.05) is 19.3 Å². The summed E-state index contributed by atoms with van der Waals surface area (Å²) >= 11 is 0. The molecular weight excluding hydrogens is 277 g/mol. The average Bonchev–Trinajstić information content (AvgIpc) is 2.47. The van der Waals surface area contributed by atoms with E-state index in [0.717, 1.165) is 37.8 Å². The SMILES string of the molecule is O=[N+]([O-])c1ccc(OC2CC(O)C23CCCCC3)cc1F. The largest absolute Gasteiger partial charge is 0.490 e. The predicted octanol–water partition coefficient (Wildman–Crippen LogP) is 3.20. The first-order valence-corrected chi connectivity index (χ1v) is 7.31. The molecule has 2 saturated carbocycles. The molecule has 0 amide bonds. The number of hydrogen-bond acceptors (Lipinski definition) is 4. The van der Waals surface area contributed by atoms with Crippen molar-refractivity contribution in [3.63, 3.8) is 0 Å². The van der Waals surface area contributed by atoms with Crippen LogP contribution in [0.25, 0.3) is 0 Å².